The van der Waals surface area contributed by atoms with Crippen molar-refractivity contribution in [2.45, 2.75) is 25.1 Å². The van der Waals surface area contributed by atoms with E-state index in [1.165, 1.54) is 12.1 Å². The molecule has 1 aromatic heterocycles. The highest BCUT2D eigenvalue weighted by Crippen LogP contribution is 2.33. The van der Waals surface area contributed by atoms with Gasteiger partial charge in [0, 0.05) is 30.3 Å². The number of piperidine rings is 1. The lowest BCUT2D eigenvalue weighted by Crippen LogP contribution is -2.45. The third-order valence-electron chi connectivity index (χ3n) is 5.03. The van der Waals surface area contributed by atoms with Gasteiger partial charge in [0.2, 0.25) is 0 Å². The van der Waals surface area contributed by atoms with Crippen LogP contribution in [0.3, 0.4) is 0 Å². The SMILES string of the molecule is O=c1c(-c2ccc(C(F)(F)F)cc2)ccc2n1CC1CNCC2C1. The van der Waals surface area contributed by atoms with Crippen LogP contribution >= 0.6 is 0 Å². The highest BCUT2D eigenvalue weighted by molar-refractivity contribution is 5.63. The van der Waals surface area contributed by atoms with E-state index in [1.807, 2.05) is 10.6 Å². The molecule has 4 rings (SSSR count). The number of pyridine rings is 1. The summed E-state index contributed by atoms with van der Waals surface area (Å²) in [6.07, 6.45) is -3.28. The molecule has 2 aliphatic rings. The molecule has 2 aliphatic heterocycles. The molecule has 0 saturated carbocycles. The number of aromatic nitrogens is 1. The predicted molar refractivity (Wildman–Crippen MR) is 84.9 cm³/mol. The summed E-state index contributed by atoms with van der Waals surface area (Å²) in [5.41, 5.74) is 1.20. The van der Waals surface area contributed by atoms with Crippen LogP contribution in [0.2, 0.25) is 0 Å². The van der Waals surface area contributed by atoms with Crippen molar-refractivity contribution in [3.63, 3.8) is 0 Å². The smallest absolute Gasteiger partial charge is 0.316 e. The maximum Gasteiger partial charge on any atom is 0.416 e. The van der Waals surface area contributed by atoms with Crippen molar-refractivity contribution in [2.24, 2.45) is 5.92 Å². The van der Waals surface area contributed by atoms with Crippen LogP contribution in [0.25, 0.3) is 11.1 Å². The van der Waals surface area contributed by atoms with Crippen molar-refractivity contribution in [2.75, 3.05) is 13.1 Å². The number of halogens is 3. The van der Waals surface area contributed by atoms with E-state index in [1.54, 1.807) is 6.07 Å². The first kappa shape index (κ1) is 15.4. The Kier molecular flexibility index (Phi) is 3.53. The van der Waals surface area contributed by atoms with Crippen LogP contribution in [-0.4, -0.2) is 17.7 Å². The Hall–Kier alpha value is -2.08. The number of alkyl halides is 3. The topological polar surface area (TPSA) is 34.0 Å². The summed E-state index contributed by atoms with van der Waals surface area (Å²) >= 11 is 0. The number of nitrogens with zero attached hydrogens (tertiary/aromatic N) is 1. The average Bonchev–Trinajstić information content (AvgIpc) is 2.56. The summed E-state index contributed by atoms with van der Waals surface area (Å²) < 4.78 is 39.9. The highest BCUT2D eigenvalue weighted by atomic mass is 19.4. The number of hydrogen-bond acceptors (Lipinski definition) is 2. The van der Waals surface area contributed by atoms with Gasteiger partial charge in [0.25, 0.3) is 5.56 Å². The number of benzene rings is 1. The molecule has 1 aromatic carbocycles. The Morgan fingerprint density at radius 1 is 1.04 bits per heavy atom. The summed E-state index contributed by atoms with van der Waals surface area (Å²) in [7, 11) is 0. The molecule has 2 aromatic rings. The van der Waals surface area contributed by atoms with Gasteiger partial charge in [-0.3, -0.25) is 4.79 Å². The Labute approximate surface area is 137 Å². The quantitative estimate of drug-likeness (QED) is 0.869. The molecule has 1 fully saturated rings. The van der Waals surface area contributed by atoms with E-state index < -0.39 is 11.7 Å². The molecule has 0 radical (unpaired) electrons. The maximum atomic E-state index is 12.8. The van der Waals surface area contributed by atoms with Crippen molar-refractivity contribution < 1.29 is 13.2 Å². The van der Waals surface area contributed by atoms with E-state index in [0.29, 0.717) is 29.5 Å². The van der Waals surface area contributed by atoms with Crippen molar-refractivity contribution in [3.05, 3.63) is 58.0 Å². The first-order valence-corrected chi connectivity index (χ1v) is 8.05. The Balaban J connectivity index is 1.75. The molecule has 2 atom stereocenters. The van der Waals surface area contributed by atoms with Crippen LogP contribution in [0, 0.1) is 5.92 Å². The zero-order chi connectivity index (χ0) is 16.9. The largest absolute Gasteiger partial charge is 0.416 e. The predicted octanol–water partition coefficient (Wildman–Crippen LogP) is 3.24. The Morgan fingerprint density at radius 3 is 2.50 bits per heavy atom. The third kappa shape index (κ3) is 2.55. The molecule has 3 heterocycles. The normalized spacial score (nSPS) is 23.0. The summed E-state index contributed by atoms with van der Waals surface area (Å²) in [4.78, 5) is 12.8. The fourth-order valence-electron chi connectivity index (χ4n) is 3.85. The van der Waals surface area contributed by atoms with Crippen LogP contribution in [0.4, 0.5) is 13.2 Å². The van der Waals surface area contributed by atoms with E-state index in [4.69, 9.17) is 0 Å². The van der Waals surface area contributed by atoms with Crippen molar-refractivity contribution in [1.82, 2.24) is 9.88 Å². The fraction of sp³-hybridized carbons (Fsp3) is 0.389. The van der Waals surface area contributed by atoms with Crippen molar-refractivity contribution in [1.29, 1.82) is 0 Å². The molecule has 0 amide bonds. The number of hydrogen-bond donors (Lipinski definition) is 1. The summed E-state index contributed by atoms with van der Waals surface area (Å²) in [5, 5.41) is 3.39. The van der Waals surface area contributed by atoms with Gasteiger partial charge in [-0.25, -0.2) is 0 Å². The zero-order valence-electron chi connectivity index (χ0n) is 12.9. The molecule has 6 heteroatoms. The lowest BCUT2D eigenvalue weighted by Gasteiger charge is -2.37. The van der Waals surface area contributed by atoms with Crippen LogP contribution in [0.15, 0.2) is 41.2 Å². The van der Waals surface area contributed by atoms with Crippen molar-refractivity contribution >= 4 is 0 Å². The first-order valence-electron chi connectivity index (χ1n) is 8.05. The zero-order valence-corrected chi connectivity index (χ0v) is 12.9. The summed E-state index contributed by atoms with van der Waals surface area (Å²) in [5.74, 6) is 0.781. The minimum absolute atomic E-state index is 0.108. The molecule has 2 unspecified atom stereocenters. The Bertz CT molecular complexity index is 824. The minimum atomic E-state index is -4.37. The van der Waals surface area contributed by atoms with Crippen LogP contribution in [-0.2, 0) is 12.7 Å². The molecule has 24 heavy (non-hydrogen) atoms. The van der Waals surface area contributed by atoms with Crippen LogP contribution in [0.5, 0.6) is 0 Å². The highest BCUT2D eigenvalue weighted by Gasteiger charge is 2.32. The second-order valence-electron chi connectivity index (χ2n) is 6.62. The first-order chi connectivity index (χ1) is 11.4. The maximum absolute atomic E-state index is 12.8. The second-order valence-corrected chi connectivity index (χ2v) is 6.62. The van der Waals surface area contributed by atoms with Gasteiger partial charge in [-0.2, -0.15) is 13.2 Å². The van der Waals surface area contributed by atoms with Gasteiger partial charge >= 0.3 is 6.18 Å². The van der Waals surface area contributed by atoms with Gasteiger partial charge in [0.1, 0.15) is 0 Å². The lowest BCUT2D eigenvalue weighted by molar-refractivity contribution is -0.137. The molecule has 0 aliphatic carbocycles. The molecular formula is C18H17F3N2O. The van der Waals surface area contributed by atoms with Gasteiger partial charge in [0.05, 0.1) is 5.56 Å². The van der Waals surface area contributed by atoms with E-state index in [9.17, 15) is 18.0 Å². The molecular weight excluding hydrogens is 317 g/mol. The lowest BCUT2D eigenvalue weighted by atomic mass is 9.84. The number of nitrogens with one attached hydrogen (secondary N) is 1. The van der Waals surface area contributed by atoms with E-state index in [2.05, 4.69) is 5.32 Å². The van der Waals surface area contributed by atoms with E-state index in [0.717, 1.165) is 37.3 Å². The third-order valence-corrected chi connectivity index (χ3v) is 5.03. The van der Waals surface area contributed by atoms with Gasteiger partial charge in [0.15, 0.2) is 0 Å². The van der Waals surface area contributed by atoms with Gasteiger partial charge in [-0.05, 0) is 48.7 Å². The number of fused-ring (bicyclic) bond motifs is 4. The molecule has 126 valence electrons. The molecule has 1 N–H and O–H groups in total. The summed E-state index contributed by atoms with van der Waals surface area (Å²) in [6, 6.07) is 8.48. The summed E-state index contributed by atoms with van der Waals surface area (Å²) in [6.45, 7) is 2.45. The van der Waals surface area contributed by atoms with Gasteiger partial charge < -0.3 is 9.88 Å². The van der Waals surface area contributed by atoms with Gasteiger partial charge in [-0.1, -0.05) is 12.1 Å². The molecule has 3 nitrogen and oxygen atoms in total. The van der Waals surface area contributed by atoms with Crippen molar-refractivity contribution in [3.8, 4) is 11.1 Å². The molecule has 0 spiro atoms. The van der Waals surface area contributed by atoms with Crippen LogP contribution in [0.1, 0.15) is 23.6 Å². The fourth-order valence-corrected chi connectivity index (χ4v) is 3.85. The number of rotatable bonds is 1. The second kappa shape index (κ2) is 5.48. The van der Waals surface area contributed by atoms with E-state index >= 15 is 0 Å². The molecule has 2 bridgehead atoms. The minimum Gasteiger partial charge on any atom is -0.316 e. The van der Waals surface area contributed by atoms with Gasteiger partial charge in [-0.15, -0.1) is 0 Å². The standard InChI is InChI=1S/C18H17F3N2O/c19-18(20,21)14-3-1-12(2-4-14)15-5-6-16-13-7-11(8-22-9-13)10-23(16)17(15)24/h1-6,11,13,22H,7-10H2. The van der Waals surface area contributed by atoms with Crippen LogP contribution < -0.4 is 10.9 Å². The van der Waals surface area contributed by atoms with E-state index in [-0.39, 0.29) is 5.56 Å². The molecule has 1 saturated heterocycles. The monoisotopic (exact) mass is 334 g/mol. The average molecular weight is 334 g/mol. The Morgan fingerprint density at radius 2 is 1.79 bits per heavy atom.